The number of anilines is 2. The van der Waals surface area contributed by atoms with Crippen LogP contribution in [0, 0.1) is 12.8 Å². The van der Waals surface area contributed by atoms with E-state index in [1.54, 1.807) is 7.11 Å². The molecule has 1 aromatic carbocycles. The summed E-state index contributed by atoms with van der Waals surface area (Å²) in [5, 5.41) is 3.63. The standard InChI is InChI=1S/C15H24N2O/c1-11-9-13(17(2)3)7-8-14(11)16-15(10-18-4)12-5-6-12/h7-9,12,15-16H,5-6,10H2,1-4H3. The van der Waals surface area contributed by atoms with Crippen molar-refractivity contribution in [3.63, 3.8) is 0 Å². The third kappa shape index (κ3) is 3.16. The van der Waals surface area contributed by atoms with Gasteiger partial charge in [0.15, 0.2) is 0 Å². The molecule has 1 aromatic rings. The molecule has 3 heteroatoms. The van der Waals surface area contributed by atoms with Crippen molar-refractivity contribution in [3.8, 4) is 0 Å². The Morgan fingerprint density at radius 3 is 2.61 bits per heavy atom. The van der Waals surface area contributed by atoms with E-state index >= 15 is 0 Å². The highest BCUT2D eigenvalue weighted by Crippen LogP contribution is 2.35. The van der Waals surface area contributed by atoms with Crippen molar-refractivity contribution in [2.75, 3.05) is 38.0 Å². The fraction of sp³-hybridized carbons (Fsp3) is 0.600. The predicted octanol–water partition coefficient (Wildman–Crippen LogP) is 2.90. The molecule has 1 N–H and O–H groups in total. The van der Waals surface area contributed by atoms with Crippen LogP contribution in [0.25, 0.3) is 0 Å². The largest absolute Gasteiger partial charge is 0.383 e. The van der Waals surface area contributed by atoms with Crippen molar-refractivity contribution in [3.05, 3.63) is 23.8 Å². The number of nitrogens with zero attached hydrogens (tertiary/aromatic N) is 1. The van der Waals surface area contributed by atoms with E-state index in [4.69, 9.17) is 4.74 Å². The Hall–Kier alpha value is -1.22. The van der Waals surface area contributed by atoms with Gasteiger partial charge >= 0.3 is 0 Å². The van der Waals surface area contributed by atoms with Crippen LogP contribution >= 0.6 is 0 Å². The number of hydrogen-bond donors (Lipinski definition) is 1. The average molecular weight is 248 g/mol. The molecule has 0 spiro atoms. The number of methoxy groups -OCH3 is 1. The van der Waals surface area contributed by atoms with Crippen molar-refractivity contribution in [2.24, 2.45) is 5.92 Å². The molecule has 0 saturated heterocycles. The molecule has 0 aromatic heterocycles. The summed E-state index contributed by atoms with van der Waals surface area (Å²) in [7, 11) is 5.92. The fourth-order valence-corrected chi connectivity index (χ4v) is 2.26. The second kappa shape index (κ2) is 5.61. The monoisotopic (exact) mass is 248 g/mol. The third-order valence-electron chi connectivity index (χ3n) is 3.60. The summed E-state index contributed by atoms with van der Waals surface area (Å²) in [4.78, 5) is 2.13. The molecule has 2 rings (SSSR count). The van der Waals surface area contributed by atoms with E-state index in [2.05, 4.69) is 49.4 Å². The highest BCUT2D eigenvalue weighted by atomic mass is 16.5. The quantitative estimate of drug-likeness (QED) is 0.837. The number of nitrogens with one attached hydrogen (secondary N) is 1. The smallest absolute Gasteiger partial charge is 0.0666 e. The molecule has 1 aliphatic rings. The van der Waals surface area contributed by atoms with Gasteiger partial charge in [-0.05, 0) is 49.4 Å². The molecule has 0 radical (unpaired) electrons. The maximum absolute atomic E-state index is 5.31. The first-order valence-corrected chi connectivity index (χ1v) is 6.65. The Bertz CT molecular complexity index is 399. The maximum atomic E-state index is 5.31. The van der Waals surface area contributed by atoms with Crippen molar-refractivity contribution < 1.29 is 4.74 Å². The van der Waals surface area contributed by atoms with Crippen molar-refractivity contribution >= 4 is 11.4 Å². The summed E-state index contributed by atoms with van der Waals surface area (Å²) >= 11 is 0. The van der Waals surface area contributed by atoms with Gasteiger partial charge < -0.3 is 15.0 Å². The number of rotatable bonds is 6. The summed E-state index contributed by atoms with van der Waals surface area (Å²) in [5.41, 5.74) is 3.77. The summed E-state index contributed by atoms with van der Waals surface area (Å²) < 4.78 is 5.31. The first kappa shape index (κ1) is 13.2. The molecular weight excluding hydrogens is 224 g/mol. The maximum Gasteiger partial charge on any atom is 0.0666 e. The Morgan fingerprint density at radius 1 is 1.39 bits per heavy atom. The lowest BCUT2D eigenvalue weighted by molar-refractivity contribution is 0.179. The van der Waals surface area contributed by atoms with Gasteiger partial charge in [0.05, 0.1) is 12.6 Å². The molecule has 1 unspecified atom stereocenters. The van der Waals surface area contributed by atoms with E-state index in [0.29, 0.717) is 6.04 Å². The SMILES string of the molecule is COCC(Nc1ccc(N(C)C)cc1C)C1CC1. The van der Waals surface area contributed by atoms with Crippen LogP contribution in [0.15, 0.2) is 18.2 Å². The highest BCUT2D eigenvalue weighted by molar-refractivity contribution is 5.60. The lowest BCUT2D eigenvalue weighted by atomic mass is 10.1. The minimum atomic E-state index is 0.457. The van der Waals surface area contributed by atoms with Gasteiger partial charge in [-0.1, -0.05) is 0 Å². The van der Waals surface area contributed by atoms with Gasteiger partial charge in [-0.3, -0.25) is 0 Å². The molecule has 1 atom stereocenters. The third-order valence-corrected chi connectivity index (χ3v) is 3.60. The van der Waals surface area contributed by atoms with Crippen LogP contribution in [-0.4, -0.2) is 33.9 Å². The molecule has 0 amide bonds. The lowest BCUT2D eigenvalue weighted by Crippen LogP contribution is -2.27. The highest BCUT2D eigenvalue weighted by Gasteiger charge is 2.31. The zero-order valence-corrected chi connectivity index (χ0v) is 11.9. The summed E-state index contributed by atoms with van der Waals surface area (Å²) in [6.45, 7) is 2.95. The topological polar surface area (TPSA) is 24.5 Å². The normalized spacial score (nSPS) is 16.4. The van der Waals surface area contributed by atoms with Gasteiger partial charge in [-0.15, -0.1) is 0 Å². The van der Waals surface area contributed by atoms with Gasteiger partial charge in [0, 0.05) is 32.6 Å². The molecule has 3 nitrogen and oxygen atoms in total. The van der Waals surface area contributed by atoms with E-state index in [-0.39, 0.29) is 0 Å². The first-order valence-electron chi connectivity index (χ1n) is 6.65. The van der Waals surface area contributed by atoms with Gasteiger partial charge in [0.2, 0.25) is 0 Å². The Labute approximate surface area is 110 Å². The first-order chi connectivity index (χ1) is 8.61. The number of benzene rings is 1. The lowest BCUT2D eigenvalue weighted by Gasteiger charge is -2.21. The summed E-state index contributed by atoms with van der Waals surface area (Å²) in [6, 6.07) is 7.01. The molecule has 1 fully saturated rings. The Kier molecular flexibility index (Phi) is 4.12. The van der Waals surface area contributed by atoms with Crippen LogP contribution in [0.1, 0.15) is 18.4 Å². The average Bonchev–Trinajstić information content (AvgIpc) is 3.14. The molecule has 0 heterocycles. The van der Waals surface area contributed by atoms with Gasteiger partial charge in [-0.2, -0.15) is 0 Å². The Balaban J connectivity index is 2.08. The minimum Gasteiger partial charge on any atom is -0.383 e. The van der Waals surface area contributed by atoms with Gasteiger partial charge in [0.25, 0.3) is 0 Å². The number of hydrogen-bond acceptors (Lipinski definition) is 3. The molecular formula is C15H24N2O. The molecule has 100 valence electrons. The molecule has 0 aliphatic heterocycles. The molecule has 1 saturated carbocycles. The second-order valence-corrected chi connectivity index (χ2v) is 5.44. The molecule has 1 aliphatic carbocycles. The van der Waals surface area contributed by atoms with Crippen LogP contribution in [-0.2, 0) is 4.74 Å². The van der Waals surface area contributed by atoms with Gasteiger partial charge in [0.1, 0.15) is 0 Å². The van der Waals surface area contributed by atoms with Crippen LogP contribution < -0.4 is 10.2 Å². The van der Waals surface area contributed by atoms with E-state index in [1.807, 2.05) is 0 Å². The van der Waals surface area contributed by atoms with Crippen LogP contribution in [0.2, 0.25) is 0 Å². The van der Waals surface area contributed by atoms with Crippen LogP contribution in [0.3, 0.4) is 0 Å². The molecule has 18 heavy (non-hydrogen) atoms. The number of ether oxygens (including phenoxy) is 1. The fourth-order valence-electron chi connectivity index (χ4n) is 2.26. The van der Waals surface area contributed by atoms with Gasteiger partial charge in [-0.25, -0.2) is 0 Å². The van der Waals surface area contributed by atoms with E-state index < -0.39 is 0 Å². The van der Waals surface area contributed by atoms with Crippen molar-refractivity contribution in [2.45, 2.75) is 25.8 Å². The van der Waals surface area contributed by atoms with Crippen molar-refractivity contribution in [1.82, 2.24) is 0 Å². The Morgan fingerprint density at radius 2 is 2.11 bits per heavy atom. The van der Waals surface area contributed by atoms with E-state index in [9.17, 15) is 0 Å². The zero-order chi connectivity index (χ0) is 13.1. The molecule has 0 bridgehead atoms. The van der Waals surface area contributed by atoms with Crippen molar-refractivity contribution in [1.29, 1.82) is 0 Å². The van der Waals surface area contributed by atoms with E-state index in [0.717, 1.165) is 12.5 Å². The summed E-state index contributed by atoms with van der Waals surface area (Å²) in [6.07, 6.45) is 2.66. The predicted molar refractivity (Wildman–Crippen MR) is 77.5 cm³/mol. The van der Waals surface area contributed by atoms with Crippen LogP contribution in [0.4, 0.5) is 11.4 Å². The second-order valence-electron chi connectivity index (χ2n) is 5.44. The zero-order valence-electron chi connectivity index (χ0n) is 11.9. The summed E-state index contributed by atoms with van der Waals surface area (Å²) in [5.74, 6) is 0.790. The van der Waals surface area contributed by atoms with E-state index in [1.165, 1.54) is 29.8 Å². The number of aryl methyl sites for hydroxylation is 1. The van der Waals surface area contributed by atoms with Crippen LogP contribution in [0.5, 0.6) is 0 Å². The minimum absolute atomic E-state index is 0.457.